The lowest BCUT2D eigenvalue weighted by atomic mass is 10.1. The van der Waals surface area contributed by atoms with Crippen LogP contribution in [0.3, 0.4) is 0 Å². The Morgan fingerprint density at radius 2 is 2.20 bits per heavy atom. The summed E-state index contributed by atoms with van der Waals surface area (Å²) in [4.78, 5) is 11.9. The summed E-state index contributed by atoms with van der Waals surface area (Å²) < 4.78 is 2.60. The molecule has 1 aliphatic carbocycles. The van der Waals surface area contributed by atoms with Crippen LogP contribution in [-0.2, 0) is 0 Å². The van der Waals surface area contributed by atoms with Gasteiger partial charge in [-0.2, -0.15) is 0 Å². The van der Waals surface area contributed by atoms with Gasteiger partial charge in [0.1, 0.15) is 10.8 Å². The van der Waals surface area contributed by atoms with E-state index < -0.39 is 0 Å². The van der Waals surface area contributed by atoms with Crippen LogP contribution in [0.15, 0.2) is 24.7 Å². The van der Waals surface area contributed by atoms with E-state index in [0.29, 0.717) is 15.9 Å². The Morgan fingerprint density at radius 1 is 1.28 bits per heavy atom. The minimum absolute atomic E-state index is 0.325. The van der Waals surface area contributed by atoms with E-state index in [0.717, 1.165) is 45.6 Å². The van der Waals surface area contributed by atoms with Gasteiger partial charge in [0, 0.05) is 22.1 Å². The highest BCUT2D eigenvalue weighted by molar-refractivity contribution is 14.1. The Kier molecular flexibility index (Phi) is 3.55. The van der Waals surface area contributed by atoms with Gasteiger partial charge in [0.05, 0.1) is 17.9 Å². The molecule has 0 aromatic carbocycles. The molecular formula is C15H15IN8S. The number of fused-ring (bicyclic) bond motifs is 3. The number of halogens is 1. The molecule has 4 N–H and O–H groups in total. The molecule has 10 heteroatoms. The summed E-state index contributed by atoms with van der Waals surface area (Å²) in [5.41, 5.74) is 8.43. The van der Waals surface area contributed by atoms with E-state index >= 15 is 0 Å². The van der Waals surface area contributed by atoms with Crippen molar-refractivity contribution in [3.8, 4) is 0 Å². The van der Waals surface area contributed by atoms with Crippen LogP contribution in [0.1, 0.15) is 24.6 Å². The third-order valence-corrected chi connectivity index (χ3v) is 6.77. The summed E-state index contributed by atoms with van der Waals surface area (Å²) in [5, 5.41) is 13.9. The first-order valence-electron chi connectivity index (χ1n) is 7.98. The molecule has 25 heavy (non-hydrogen) atoms. The van der Waals surface area contributed by atoms with Crippen LogP contribution in [0.4, 0.5) is 10.1 Å². The molecule has 4 aromatic rings. The van der Waals surface area contributed by atoms with Crippen LogP contribution < -0.4 is 11.1 Å². The SMILES string of the molecule is Nc1cnc(N[C@H]2C[C@@H](I)[C@@H](c3nnc4cnc5[nH]ccc5n34)C2)s1. The molecule has 128 valence electrons. The molecule has 0 bridgehead atoms. The number of thiazole rings is 1. The van der Waals surface area contributed by atoms with Crippen LogP contribution in [0.5, 0.6) is 0 Å². The number of alkyl halides is 1. The van der Waals surface area contributed by atoms with Crippen molar-refractivity contribution in [2.75, 3.05) is 11.1 Å². The van der Waals surface area contributed by atoms with E-state index in [1.54, 1.807) is 12.4 Å². The third kappa shape index (κ3) is 2.54. The summed E-state index contributed by atoms with van der Waals surface area (Å²) >= 11 is 4.01. The van der Waals surface area contributed by atoms with E-state index in [-0.39, 0.29) is 0 Å². The largest absolute Gasteiger partial charge is 0.389 e. The number of nitrogens with one attached hydrogen (secondary N) is 2. The maximum absolute atomic E-state index is 5.77. The Labute approximate surface area is 160 Å². The Morgan fingerprint density at radius 3 is 3.04 bits per heavy atom. The van der Waals surface area contributed by atoms with Crippen molar-refractivity contribution in [3.63, 3.8) is 0 Å². The average Bonchev–Trinajstić information content (AvgIpc) is 3.33. The molecule has 4 aromatic heterocycles. The fraction of sp³-hybridized carbons (Fsp3) is 0.333. The molecule has 0 unspecified atom stereocenters. The molecule has 1 aliphatic rings. The first-order valence-corrected chi connectivity index (χ1v) is 10.0. The van der Waals surface area contributed by atoms with Gasteiger partial charge in [-0.05, 0) is 18.9 Å². The van der Waals surface area contributed by atoms with Gasteiger partial charge in [-0.1, -0.05) is 33.9 Å². The molecule has 0 spiro atoms. The monoisotopic (exact) mass is 466 g/mol. The predicted molar refractivity (Wildman–Crippen MR) is 106 cm³/mol. The van der Waals surface area contributed by atoms with Crippen molar-refractivity contribution in [1.29, 1.82) is 0 Å². The van der Waals surface area contributed by atoms with Gasteiger partial charge in [0.15, 0.2) is 16.4 Å². The number of nitrogen functional groups attached to an aromatic ring is 1. The average molecular weight is 466 g/mol. The molecule has 1 saturated carbocycles. The number of nitrogens with two attached hydrogens (primary N) is 1. The fourth-order valence-corrected chi connectivity index (χ4v) is 5.43. The highest BCUT2D eigenvalue weighted by Gasteiger charge is 2.37. The molecule has 0 radical (unpaired) electrons. The van der Waals surface area contributed by atoms with Crippen molar-refractivity contribution >= 4 is 60.9 Å². The minimum atomic E-state index is 0.325. The molecule has 5 rings (SSSR count). The molecule has 3 atom stereocenters. The molecule has 0 saturated heterocycles. The smallest absolute Gasteiger partial charge is 0.184 e. The quantitative estimate of drug-likeness (QED) is 0.317. The summed E-state index contributed by atoms with van der Waals surface area (Å²) in [5.74, 6) is 1.33. The Hall–Kier alpha value is -1.95. The van der Waals surface area contributed by atoms with E-state index in [9.17, 15) is 0 Å². The van der Waals surface area contributed by atoms with Gasteiger partial charge in [0.2, 0.25) is 0 Å². The maximum atomic E-state index is 5.77. The number of aromatic nitrogens is 6. The Bertz CT molecular complexity index is 1050. The van der Waals surface area contributed by atoms with E-state index in [1.165, 1.54) is 11.3 Å². The molecule has 0 aliphatic heterocycles. The molecule has 8 nitrogen and oxygen atoms in total. The standard InChI is InChI=1S/C15H15IN8S/c16-9-4-7(21-15-20-5-11(17)25-15)3-8(9)14-23-22-12-6-19-13-10(24(12)14)1-2-18-13/h1-2,5-9,18H,3-4,17H2,(H,20,21)/t7-,8+,9-/m1/s1. The minimum Gasteiger partial charge on any atom is -0.389 e. The lowest BCUT2D eigenvalue weighted by Gasteiger charge is -2.12. The summed E-state index contributed by atoms with van der Waals surface area (Å²) in [6.45, 7) is 0. The number of rotatable bonds is 3. The number of hydrogen-bond donors (Lipinski definition) is 3. The summed E-state index contributed by atoms with van der Waals surface area (Å²) in [6, 6.07) is 2.38. The molecule has 4 heterocycles. The predicted octanol–water partition coefficient (Wildman–Crippen LogP) is 2.81. The lowest BCUT2D eigenvalue weighted by Crippen LogP contribution is -2.15. The van der Waals surface area contributed by atoms with Crippen LogP contribution in [0, 0.1) is 0 Å². The zero-order chi connectivity index (χ0) is 17.0. The van der Waals surface area contributed by atoms with Gasteiger partial charge in [0.25, 0.3) is 0 Å². The highest BCUT2D eigenvalue weighted by Crippen LogP contribution is 2.41. The van der Waals surface area contributed by atoms with E-state index in [4.69, 9.17) is 5.73 Å². The van der Waals surface area contributed by atoms with Crippen LogP contribution in [0.25, 0.3) is 16.8 Å². The fourth-order valence-electron chi connectivity index (χ4n) is 3.54. The van der Waals surface area contributed by atoms with Gasteiger partial charge < -0.3 is 16.0 Å². The number of anilines is 2. The van der Waals surface area contributed by atoms with E-state index in [2.05, 4.69) is 57.5 Å². The van der Waals surface area contributed by atoms with Gasteiger partial charge >= 0.3 is 0 Å². The van der Waals surface area contributed by atoms with Crippen molar-refractivity contribution in [1.82, 2.24) is 29.5 Å². The number of aromatic amines is 1. The first-order chi connectivity index (χ1) is 12.2. The molecule has 1 fully saturated rings. The number of nitrogens with zero attached hydrogens (tertiary/aromatic N) is 5. The lowest BCUT2D eigenvalue weighted by molar-refractivity contribution is 0.665. The second-order valence-electron chi connectivity index (χ2n) is 6.22. The Balaban J connectivity index is 1.49. The van der Waals surface area contributed by atoms with Crippen LogP contribution in [-0.4, -0.2) is 39.5 Å². The molecule has 0 amide bonds. The van der Waals surface area contributed by atoms with Crippen molar-refractivity contribution < 1.29 is 0 Å². The summed E-state index contributed by atoms with van der Waals surface area (Å²) in [7, 11) is 0. The van der Waals surface area contributed by atoms with Crippen molar-refractivity contribution in [2.24, 2.45) is 0 Å². The summed E-state index contributed by atoms with van der Waals surface area (Å²) in [6.07, 6.45) is 7.40. The number of hydrogen-bond acceptors (Lipinski definition) is 7. The normalized spacial score (nSPS) is 23.6. The number of H-pyrrole nitrogens is 1. The highest BCUT2D eigenvalue weighted by atomic mass is 127. The zero-order valence-electron chi connectivity index (χ0n) is 13.1. The zero-order valence-corrected chi connectivity index (χ0v) is 16.0. The van der Waals surface area contributed by atoms with Crippen molar-refractivity contribution in [3.05, 3.63) is 30.5 Å². The third-order valence-electron chi connectivity index (χ3n) is 4.63. The molecular weight excluding hydrogens is 451 g/mol. The first kappa shape index (κ1) is 15.3. The van der Waals surface area contributed by atoms with E-state index in [1.807, 2.05) is 12.3 Å². The van der Waals surface area contributed by atoms with Crippen molar-refractivity contribution in [2.45, 2.75) is 28.7 Å². The topological polar surface area (TPSA) is 110 Å². The van der Waals surface area contributed by atoms with Crippen LogP contribution >= 0.6 is 33.9 Å². The second kappa shape index (κ2) is 5.80. The van der Waals surface area contributed by atoms with Gasteiger partial charge in [-0.25, -0.2) is 9.97 Å². The van der Waals surface area contributed by atoms with Gasteiger partial charge in [-0.15, -0.1) is 10.2 Å². The van der Waals surface area contributed by atoms with Crippen LogP contribution in [0.2, 0.25) is 0 Å². The van der Waals surface area contributed by atoms with Gasteiger partial charge in [-0.3, -0.25) is 4.40 Å². The second-order valence-corrected chi connectivity index (χ2v) is 8.89. The maximum Gasteiger partial charge on any atom is 0.184 e.